The number of ether oxygens (including phenoxy) is 2. The van der Waals surface area contributed by atoms with Crippen molar-refractivity contribution in [3.63, 3.8) is 0 Å². The highest BCUT2D eigenvalue weighted by molar-refractivity contribution is 6.33. The summed E-state index contributed by atoms with van der Waals surface area (Å²) in [5.41, 5.74) is 0.0419. The monoisotopic (exact) mass is 354 g/mol. The predicted octanol–water partition coefficient (Wildman–Crippen LogP) is 3.93. The van der Waals surface area contributed by atoms with Crippen molar-refractivity contribution in [3.8, 4) is 5.75 Å². The van der Waals surface area contributed by atoms with Crippen molar-refractivity contribution in [3.05, 3.63) is 28.8 Å². The second-order valence-corrected chi connectivity index (χ2v) is 7.09. The van der Waals surface area contributed by atoms with E-state index in [4.69, 9.17) is 26.3 Å². The molecule has 1 aromatic rings. The first-order valence-corrected chi connectivity index (χ1v) is 8.28. The third-order valence-corrected chi connectivity index (χ3v) is 3.92. The van der Waals surface area contributed by atoms with Gasteiger partial charge in [0.2, 0.25) is 0 Å². The van der Waals surface area contributed by atoms with Gasteiger partial charge in [-0.2, -0.15) is 0 Å². The molecular weight excluding hydrogens is 332 g/mol. The van der Waals surface area contributed by atoms with Crippen LogP contribution in [0.25, 0.3) is 0 Å². The molecule has 24 heavy (non-hydrogen) atoms. The molecule has 1 aromatic carbocycles. The minimum Gasteiger partial charge on any atom is -0.490 e. The third kappa shape index (κ3) is 5.03. The summed E-state index contributed by atoms with van der Waals surface area (Å²) < 4.78 is 11.4. The number of hydrogen-bond donors (Lipinski definition) is 1. The summed E-state index contributed by atoms with van der Waals surface area (Å²) >= 11 is 6.10. The minimum absolute atomic E-state index is 0.0343. The van der Waals surface area contributed by atoms with Gasteiger partial charge in [-0.05, 0) is 32.9 Å². The zero-order chi connectivity index (χ0) is 17.7. The molecule has 0 radical (unpaired) electrons. The Hall–Kier alpha value is -1.95. The van der Waals surface area contributed by atoms with Crippen molar-refractivity contribution >= 4 is 23.9 Å². The maximum Gasteiger partial charge on any atom is 0.410 e. The first kappa shape index (κ1) is 18.4. The lowest BCUT2D eigenvalue weighted by molar-refractivity contribution is 0.0126. The van der Waals surface area contributed by atoms with Crippen LogP contribution in [0.1, 0.15) is 39.2 Å². The summed E-state index contributed by atoms with van der Waals surface area (Å²) in [6.07, 6.45) is 2.32. The second-order valence-electron chi connectivity index (χ2n) is 6.68. The standard InChI is InChI=1S/C17H23ClN2O4/c1-17(2,3)24-16(21)20-9-7-12(8-10-20)23-15-6-4-5-14(18)13(15)11-19-22/h4-6,11-12,22H,7-10H2,1-3H3/b19-11+. The summed E-state index contributed by atoms with van der Waals surface area (Å²) in [5.74, 6) is 0.566. The molecule has 0 aromatic heterocycles. The fraction of sp³-hybridized carbons (Fsp3) is 0.529. The van der Waals surface area contributed by atoms with Crippen molar-refractivity contribution in [1.82, 2.24) is 4.90 Å². The summed E-state index contributed by atoms with van der Waals surface area (Å²) in [6, 6.07) is 5.27. The number of likely N-dealkylation sites (tertiary alicyclic amines) is 1. The molecule has 0 unspecified atom stereocenters. The Balaban J connectivity index is 1.94. The highest BCUT2D eigenvalue weighted by Crippen LogP contribution is 2.28. The lowest BCUT2D eigenvalue weighted by Crippen LogP contribution is -2.44. The molecule has 1 saturated heterocycles. The van der Waals surface area contributed by atoms with E-state index in [9.17, 15) is 4.79 Å². The van der Waals surface area contributed by atoms with Crippen LogP contribution in [0.2, 0.25) is 5.02 Å². The van der Waals surface area contributed by atoms with E-state index in [1.54, 1.807) is 23.1 Å². The molecule has 132 valence electrons. The number of carbonyl (C=O) groups is 1. The Bertz CT molecular complexity index is 605. The van der Waals surface area contributed by atoms with Crippen molar-refractivity contribution in [2.24, 2.45) is 5.16 Å². The van der Waals surface area contributed by atoms with Crippen LogP contribution in [-0.4, -0.2) is 47.2 Å². The van der Waals surface area contributed by atoms with Gasteiger partial charge in [-0.25, -0.2) is 4.79 Å². The number of hydrogen-bond acceptors (Lipinski definition) is 5. The number of rotatable bonds is 3. The quantitative estimate of drug-likeness (QED) is 0.507. The Morgan fingerprint density at radius 3 is 2.62 bits per heavy atom. The van der Waals surface area contributed by atoms with Crippen molar-refractivity contribution < 1.29 is 19.5 Å². The molecular formula is C17H23ClN2O4. The molecule has 0 atom stereocenters. The van der Waals surface area contributed by atoms with E-state index in [0.29, 0.717) is 42.3 Å². The first-order valence-electron chi connectivity index (χ1n) is 7.90. The maximum atomic E-state index is 12.1. The van der Waals surface area contributed by atoms with Crippen LogP contribution in [0.15, 0.2) is 23.4 Å². The number of oxime groups is 1. The van der Waals surface area contributed by atoms with Gasteiger partial charge in [0.15, 0.2) is 0 Å². The SMILES string of the molecule is CC(C)(C)OC(=O)N1CCC(Oc2cccc(Cl)c2/C=N/O)CC1. The highest BCUT2D eigenvalue weighted by Gasteiger charge is 2.28. The van der Waals surface area contributed by atoms with Gasteiger partial charge in [0.05, 0.1) is 16.8 Å². The van der Waals surface area contributed by atoms with Gasteiger partial charge in [0.1, 0.15) is 17.5 Å². The zero-order valence-electron chi connectivity index (χ0n) is 14.2. The van der Waals surface area contributed by atoms with Crippen LogP contribution in [0.3, 0.4) is 0 Å². The molecule has 6 nitrogen and oxygen atoms in total. The molecule has 2 rings (SSSR count). The molecule has 0 saturated carbocycles. The van der Waals surface area contributed by atoms with Crippen molar-refractivity contribution in [2.75, 3.05) is 13.1 Å². The van der Waals surface area contributed by atoms with Gasteiger partial charge in [-0.1, -0.05) is 22.8 Å². The smallest absolute Gasteiger partial charge is 0.410 e. The summed E-state index contributed by atoms with van der Waals surface area (Å²) in [7, 11) is 0. The number of halogens is 1. The van der Waals surface area contributed by atoms with E-state index in [0.717, 1.165) is 0 Å². The molecule has 7 heteroatoms. The van der Waals surface area contributed by atoms with Gasteiger partial charge in [-0.15, -0.1) is 0 Å². The average molecular weight is 355 g/mol. The van der Waals surface area contributed by atoms with Crippen LogP contribution in [0.5, 0.6) is 5.75 Å². The van der Waals surface area contributed by atoms with E-state index in [-0.39, 0.29) is 12.2 Å². The fourth-order valence-electron chi connectivity index (χ4n) is 2.47. The number of piperidine rings is 1. The molecule has 0 spiro atoms. The Morgan fingerprint density at radius 2 is 2.04 bits per heavy atom. The van der Waals surface area contributed by atoms with Gasteiger partial charge >= 0.3 is 6.09 Å². The lowest BCUT2D eigenvalue weighted by atomic mass is 10.1. The molecule has 0 aliphatic carbocycles. The number of nitrogens with zero attached hydrogens (tertiary/aromatic N) is 2. The van der Waals surface area contributed by atoms with E-state index in [1.807, 2.05) is 20.8 Å². The summed E-state index contributed by atoms with van der Waals surface area (Å²) in [5, 5.41) is 12.2. The maximum absolute atomic E-state index is 12.1. The highest BCUT2D eigenvalue weighted by atomic mass is 35.5. The van der Waals surface area contributed by atoms with Gasteiger partial charge in [0, 0.05) is 25.9 Å². The van der Waals surface area contributed by atoms with Gasteiger partial charge in [-0.3, -0.25) is 0 Å². The Morgan fingerprint density at radius 1 is 1.38 bits per heavy atom. The molecule has 0 bridgehead atoms. The van der Waals surface area contributed by atoms with Gasteiger partial charge < -0.3 is 19.6 Å². The van der Waals surface area contributed by atoms with E-state index >= 15 is 0 Å². The first-order chi connectivity index (χ1) is 11.3. The van der Waals surface area contributed by atoms with E-state index in [2.05, 4.69) is 5.16 Å². The molecule has 1 heterocycles. The van der Waals surface area contributed by atoms with Crippen LogP contribution in [0, 0.1) is 0 Å². The third-order valence-electron chi connectivity index (χ3n) is 3.59. The molecule has 1 N–H and O–H groups in total. The predicted molar refractivity (Wildman–Crippen MR) is 92.3 cm³/mol. The van der Waals surface area contributed by atoms with Crippen molar-refractivity contribution in [1.29, 1.82) is 0 Å². The molecule has 1 amide bonds. The largest absolute Gasteiger partial charge is 0.490 e. The van der Waals surface area contributed by atoms with Gasteiger partial charge in [0.25, 0.3) is 0 Å². The van der Waals surface area contributed by atoms with Crippen molar-refractivity contribution in [2.45, 2.75) is 45.3 Å². The summed E-state index contributed by atoms with van der Waals surface area (Å²) in [4.78, 5) is 13.8. The number of amides is 1. The van der Waals surface area contributed by atoms with E-state index < -0.39 is 5.60 Å². The Labute approximate surface area is 147 Å². The molecule has 1 fully saturated rings. The number of carbonyl (C=O) groups excluding carboxylic acids is 1. The Kier molecular flexibility index (Phi) is 5.94. The summed E-state index contributed by atoms with van der Waals surface area (Å²) in [6.45, 7) is 6.70. The van der Waals surface area contributed by atoms with Crippen LogP contribution < -0.4 is 4.74 Å². The molecule has 1 aliphatic rings. The fourth-order valence-corrected chi connectivity index (χ4v) is 2.68. The lowest BCUT2D eigenvalue weighted by Gasteiger charge is -2.33. The van der Waals surface area contributed by atoms with Crippen LogP contribution in [-0.2, 0) is 4.74 Å². The average Bonchev–Trinajstić information content (AvgIpc) is 2.50. The topological polar surface area (TPSA) is 71.4 Å². The minimum atomic E-state index is -0.496. The normalized spacial score (nSPS) is 16.4. The number of benzene rings is 1. The van der Waals surface area contributed by atoms with Crippen LogP contribution >= 0.6 is 11.6 Å². The van der Waals surface area contributed by atoms with E-state index in [1.165, 1.54) is 6.21 Å². The zero-order valence-corrected chi connectivity index (χ0v) is 14.9. The second kappa shape index (κ2) is 7.75. The molecule has 1 aliphatic heterocycles. The van der Waals surface area contributed by atoms with Crippen LogP contribution in [0.4, 0.5) is 4.79 Å².